The number of hydrogen-bond acceptors (Lipinski definition) is 3. The number of nitrogens with one attached hydrogen (secondary N) is 1. The number of aryl methyl sites for hydroxylation is 1. The maximum absolute atomic E-state index is 12.9. The molecule has 2 rings (SSSR count). The number of benzene rings is 2. The highest BCUT2D eigenvalue weighted by atomic mass is 19.1. The summed E-state index contributed by atoms with van der Waals surface area (Å²) in [4.78, 5) is 0. The molecule has 0 aliphatic rings. The van der Waals surface area contributed by atoms with E-state index >= 15 is 0 Å². The average molecular weight is 289 g/mol. The Morgan fingerprint density at radius 2 is 1.86 bits per heavy atom. The Bertz CT molecular complexity index is 584. The second-order valence-electron chi connectivity index (χ2n) is 4.85. The first-order chi connectivity index (χ1) is 10.1. The molecule has 0 aliphatic heterocycles. The van der Waals surface area contributed by atoms with Gasteiger partial charge in [-0.1, -0.05) is 17.7 Å². The SMILES string of the molecule is CNC(COc1ccc(F)cc1)c1cc(C)ccc1OC. The molecule has 0 fully saturated rings. The van der Waals surface area contributed by atoms with Crippen molar-refractivity contribution in [1.29, 1.82) is 0 Å². The second-order valence-corrected chi connectivity index (χ2v) is 4.85. The van der Waals surface area contributed by atoms with E-state index in [1.807, 2.05) is 26.1 Å². The molecule has 0 saturated carbocycles. The Hall–Kier alpha value is -2.07. The van der Waals surface area contributed by atoms with Gasteiger partial charge in [-0.2, -0.15) is 0 Å². The standard InChI is InChI=1S/C17H20FNO2/c1-12-4-9-17(20-3)15(10-12)16(19-2)11-21-14-7-5-13(18)6-8-14/h4-10,16,19H,11H2,1-3H3. The lowest BCUT2D eigenvalue weighted by Crippen LogP contribution is -2.24. The van der Waals surface area contributed by atoms with Crippen molar-refractivity contribution in [3.8, 4) is 11.5 Å². The fourth-order valence-corrected chi connectivity index (χ4v) is 2.17. The minimum Gasteiger partial charge on any atom is -0.496 e. The molecule has 1 unspecified atom stereocenters. The number of hydrogen-bond donors (Lipinski definition) is 1. The Morgan fingerprint density at radius 3 is 2.48 bits per heavy atom. The van der Waals surface area contributed by atoms with Gasteiger partial charge in [-0.25, -0.2) is 4.39 Å². The second kappa shape index (κ2) is 7.09. The summed E-state index contributed by atoms with van der Waals surface area (Å²) in [6.07, 6.45) is 0. The van der Waals surface area contributed by atoms with Gasteiger partial charge in [-0.15, -0.1) is 0 Å². The van der Waals surface area contributed by atoms with Gasteiger partial charge in [0.1, 0.15) is 23.9 Å². The lowest BCUT2D eigenvalue weighted by atomic mass is 10.0. The quantitative estimate of drug-likeness (QED) is 0.883. The molecular weight excluding hydrogens is 269 g/mol. The van der Waals surface area contributed by atoms with Crippen molar-refractivity contribution in [2.45, 2.75) is 13.0 Å². The van der Waals surface area contributed by atoms with Gasteiger partial charge in [0, 0.05) is 5.56 Å². The summed E-state index contributed by atoms with van der Waals surface area (Å²) in [5.41, 5.74) is 2.20. The molecule has 0 spiro atoms. The van der Waals surface area contributed by atoms with Gasteiger partial charge in [-0.05, 0) is 44.3 Å². The van der Waals surface area contributed by atoms with Crippen molar-refractivity contribution in [1.82, 2.24) is 5.32 Å². The van der Waals surface area contributed by atoms with Gasteiger partial charge >= 0.3 is 0 Å². The fourth-order valence-electron chi connectivity index (χ4n) is 2.17. The first-order valence-electron chi connectivity index (χ1n) is 6.84. The molecule has 3 nitrogen and oxygen atoms in total. The normalized spacial score (nSPS) is 12.0. The van der Waals surface area contributed by atoms with E-state index in [0.717, 1.165) is 16.9 Å². The van der Waals surface area contributed by atoms with Crippen LogP contribution >= 0.6 is 0 Å². The van der Waals surface area contributed by atoms with Crippen molar-refractivity contribution in [3.63, 3.8) is 0 Å². The maximum Gasteiger partial charge on any atom is 0.123 e. The van der Waals surface area contributed by atoms with E-state index in [1.54, 1.807) is 19.2 Å². The van der Waals surface area contributed by atoms with Gasteiger partial charge < -0.3 is 14.8 Å². The summed E-state index contributed by atoms with van der Waals surface area (Å²) in [5.74, 6) is 1.19. The van der Waals surface area contributed by atoms with Crippen LogP contribution in [0.25, 0.3) is 0 Å². The topological polar surface area (TPSA) is 30.5 Å². The van der Waals surface area contributed by atoms with Gasteiger partial charge in [0.15, 0.2) is 0 Å². The smallest absolute Gasteiger partial charge is 0.123 e. The number of likely N-dealkylation sites (N-methyl/N-ethyl adjacent to an activating group) is 1. The Labute approximate surface area is 124 Å². The zero-order chi connectivity index (χ0) is 15.2. The molecule has 2 aromatic carbocycles. The highest BCUT2D eigenvalue weighted by Gasteiger charge is 2.15. The van der Waals surface area contributed by atoms with E-state index in [2.05, 4.69) is 11.4 Å². The number of methoxy groups -OCH3 is 1. The van der Waals surface area contributed by atoms with Crippen LogP contribution < -0.4 is 14.8 Å². The monoisotopic (exact) mass is 289 g/mol. The largest absolute Gasteiger partial charge is 0.496 e. The summed E-state index contributed by atoms with van der Waals surface area (Å²) in [5, 5.41) is 3.22. The molecule has 0 aromatic heterocycles. The van der Waals surface area contributed by atoms with Crippen LogP contribution in [0.5, 0.6) is 11.5 Å². The van der Waals surface area contributed by atoms with Crippen LogP contribution in [0.3, 0.4) is 0 Å². The molecule has 0 heterocycles. The molecular formula is C17H20FNO2. The van der Waals surface area contributed by atoms with Gasteiger partial charge in [0.2, 0.25) is 0 Å². The average Bonchev–Trinajstić information content (AvgIpc) is 2.50. The molecule has 0 radical (unpaired) electrons. The van der Waals surface area contributed by atoms with Crippen molar-refractivity contribution in [2.24, 2.45) is 0 Å². The predicted molar refractivity (Wildman–Crippen MR) is 81.4 cm³/mol. The zero-order valence-electron chi connectivity index (χ0n) is 12.5. The first kappa shape index (κ1) is 15.3. The van der Waals surface area contributed by atoms with Crippen molar-refractivity contribution in [2.75, 3.05) is 20.8 Å². The van der Waals surface area contributed by atoms with E-state index in [1.165, 1.54) is 12.1 Å². The number of ether oxygens (including phenoxy) is 2. The van der Waals surface area contributed by atoms with E-state index in [0.29, 0.717) is 12.4 Å². The van der Waals surface area contributed by atoms with Crippen LogP contribution in [-0.2, 0) is 0 Å². The lowest BCUT2D eigenvalue weighted by molar-refractivity contribution is 0.268. The third-order valence-corrected chi connectivity index (χ3v) is 3.34. The maximum atomic E-state index is 12.9. The highest BCUT2D eigenvalue weighted by molar-refractivity contribution is 5.39. The Balaban J connectivity index is 2.12. The van der Waals surface area contributed by atoms with Crippen molar-refractivity contribution < 1.29 is 13.9 Å². The third-order valence-electron chi connectivity index (χ3n) is 3.34. The number of halogens is 1. The molecule has 2 aromatic rings. The molecule has 1 atom stereocenters. The van der Waals surface area contributed by atoms with E-state index in [9.17, 15) is 4.39 Å². The minimum atomic E-state index is -0.270. The van der Waals surface area contributed by atoms with E-state index in [4.69, 9.17) is 9.47 Å². The lowest BCUT2D eigenvalue weighted by Gasteiger charge is -2.20. The van der Waals surface area contributed by atoms with Crippen molar-refractivity contribution in [3.05, 3.63) is 59.4 Å². The summed E-state index contributed by atoms with van der Waals surface area (Å²) in [6.45, 7) is 2.47. The summed E-state index contributed by atoms with van der Waals surface area (Å²) in [7, 11) is 3.53. The van der Waals surface area contributed by atoms with Gasteiger partial charge in [0.05, 0.1) is 13.2 Å². The molecule has 112 valence electrons. The summed E-state index contributed by atoms with van der Waals surface area (Å²) >= 11 is 0. The Kier molecular flexibility index (Phi) is 5.17. The molecule has 1 N–H and O–H groups in total. The van der Waals surface area contributed by atoms with Crippen molar-refractivity contribution >= 4 is 0 Å². The summed E-state index contributed by atoms with van der Waals surface area (Å²) in [6, 6.07) is 12.0. The molecule has 21 heavy (non-hydrogen) atoms. The summed E-state index contributed by atoms with van der Waals surface area (Å²) < 4.78 is 24.0. The van der Waals surface area contributed by atoms with Gasteiger partial charge in [0.25, 0.3) is 0 Å². The zero-order valence-corrected chi connectivity index (χ0v) is 12.5. The van der Waals surface area contributed by atoms with E-state index < -0.39 is 0 Å². The van der Waals surface area contributed by atoms with Crippen LogP contribution in [0.2, 0.25) is 0 Å². The molecule has 4 heteroatoms. The highest BCUT2D eigenvalue weighted by Crippen LogP contribution is 2.27. The van der Waals surface area contributed by atoms with Crippen LogP contribution in [0.15, 0.2) is 42.5 Å². The van der Waals surface area contributed by atoms with Crippen LogP contribution in [0, 0.1) is 12.7 Å². The molecule has 0 amide bonds. The first-order valence-corrected chi connectivity index (χ1v) is 6.84. The number of rotatable bonds is 6. The molecule has 0 saturated heterocycles. The van der Waals surface area contributed by atoms with Gasteiger partial charge in [-0.3, -0.25) is 0 Å². The fraction of sp³-hybridized carbons (Fsp3) is 0.294. The molecule has 0 bridgehead atoms. The predicted octanol–water partition coefficient (Wildman–Crippen LogP) is 3.48. The van der Waals surface area contributed by atoms with E-state index in [-0.39, 0.29) is 11.9 Å². The van der Waals surface area contributed by atoms with Crippen LogP contribution in [0.1, 0.15) is 17.2 Å². The minimum absolute atomic E-state index is 0.00935. The Morgan fingerprint density at radius 1 is 1.14 bits per heavy atom. The van der Waals surface area contributed by atoms with Crippen LogP contribution in [0.4, 0.5) is 4.39 Å². The molecule has 0 aliphatic carbocycles. The third kappa shape index (κ3) is 3.95. The van der Waals surface area contributed by atoms with Crippen LogP contribution in [-0.4, -0.2) is 20.8 Å².